The molecule has 0 saturated carbocycles. The predicted molar refractivity (Wildman–Crippen MR) is 111 cm³/mol. The van der Waals surface area contributed by atoms with E-state index >= 15 is 0 Å². The fourth-order valence-electron chi connectivity index (χ4n) is 3.59. The van der Waals surface area contributed by atoms with Crippen LogP contribution in [0.4, 0.5) is 0 Å². The molecular formula is C22H23ClN4O. The normalized spacial score (nSPS) is 14.1. The Kier molecular flexibility index (Phi) is 5.55. The summed E-state index contributed by atoms with van der Waals surface area (Å²) < 4.78 is 0. The van der Waals surface area contributed by atoms with E-state index < -0.39 is 0 Å². The molecule has 3 heterocycles. The topological polar surface area (TPSA) is 61.9 Å². The van der Waals surface area contributed by atoms with Crippen molar-refractivity contribution < 1.29 is 0 Å². The molecule has 144 valence electrons. The van der Waals surface area contributed by atoms with Crippen molar-refractivity contribution in [2.75, 3.05) is 6.54 Å². The number of nitrogens with zero attached hydrogens (tertiary/aromatic N) is 3. The van der Waals surface area contributed by atoms with E-state index in [-0.39, 0.29) is 5.56 Å². The molecule has 28 heavy (non-hydrogen) atoms. The average Bonchev–Trinajstić information content (AvgIpc) is 2.70. The van der Waals surface area contributed by atoms with E-state index in [0.29, 0.717) is 6.54 Å². The highest BCUT2D eigenvalue weighted by Crippen LogP contribution is 2.21. The number of aromatic nitrogens is 3. The molecule has 0 atom stereocenters. The predicted octanol–water partition coefficient (Wildman–Crippen LogP) is 4.00. The van der Waals surface area contributed by atoms with E-state index in [4.69, 9.17) is 11.6 Å². The smallest absolute Gasteiger partial charge is 0.255 e. The van der Waals surface area contributed by atoms with E-state index in [1.807, 2.05) is 36.5 Å². The third-order valence-electron chi connectivity index (χ3n) is 5.05. The van der Waals surface area contributed by atoms with Gasteiger partial charge >= 0.3 is 0 Å². The Bertz CT molecular complexity index is 1010. The number of aromatic amines is 1. The van der Waals surface area contributed by atoms with Gasteiger partial charge in [-0.05, 0) is 30.2 Å². The highest BCUT2D eigenvalue weighted by Gasteiger charge is 2.21. The Hall–Kier alpha value is -2.50. The first-order valence-electron chi connectivity index (χ1n) is 9.66. The van der Waals surface area contributed by atoms with E-state index in [1.165, 1.54) is 0 Å². The van der Waals surface area contributed by atoms with Gasteiger partial charge in [-0.1, -0.05) is 36.7 Å². The first-order chi connectivity index (χ1) is 13.6. The SMILES string of the molecule is CCCc1nc2c(c(=O)[nH]1)CN(Cc1ccc(-c3ccc(Cl)cc3)nc1)CC2. The second-order valence-electron chi connectivity index (χ2n) is 7.21. The Morgan fingerprint density at radius 3 is 2.71 bits per heavy atom. The Labute approximate surface area is 169 Å². The first-order valence-corrected chi connectivity index (χ1v) is 10.0. The number of hydrogen-bond acceptors (Lipinski definition) is 4. The molecule has 0 bridgehead atoms. The zero-order valence-electron chi connectivity index (χ0n) is 15.9. The largest absolute Gasteiger partial charge is 0.310 e. The van der Waals surface area contributed by atoms with Crippen LogP contribution in [0.15, 0.2) is 47.4 Å². The zero-order chi connectivity index (χ0) is 19.5. The van der Waals surface area contributed by atoms with Gasteiger partial charge in [0, 0.05) is 49.3 Å². The van der Waals surface area contributed by atoms with Gasteiger partial charge < -0.3 is 4.98 Å². The summed E-state index contributed by atoms with van der Waals surface area (Å²) in [6, 6.07) is 11.8. The summed E-state index contributed by atoms with van der Waals surface area (Å²) in [5, 5.41) is 0.719. The molecule has 1 N–H and O–H groups in total. The van der Waals surface area contributed by atoms with Gasteiger partial charge in [0.25, 0.3) is 5.56 Å². The molecule has 4 rings (SSSR count). The summed E-state index contributed by atoms with van der Waals surface area (Å²) in [4.78, 5) is 26.9. The lowest BCUT2D eigenvalue weighted by Crippen LogP contribution is -2.35. The molecule has 0 aliphatic carbocycles. The first kappa shape index (κ1) is 18.8. The van der Waals surface area contributed by atoms with Gasteiger partial charge in [-0.15, -0.1) is 0 Å². The van der Waals surface area contributed by atoms with E-state index in [1.54, 1.807) is 0 Å². The number of fused-ring (bicyclic) bond motifs is 1. The van der Waals surface area contributed by atoms with Crippen LogP contribution in [0.25, 0.3) is 11.3 Å². The van der Waals surface area contributed by atoms with Crippen LogP contribution >= 0.6 is 11.6 Å². The van der Waals surface area contributed by atoms with Gasteiger partial charge in [0.1, 0.15) is 5.82 Å². The number of halogens is 1. The maximum Gasteiger partial charge on any atom is 0.255 e. The van der Waals surface area contributed by atoms with Crippen LogP contribution in [0.3, 0.4) is 0 Å². The van der Waals surface area contributed by atoms with Crippen molar-refractivity contribution in [3.8, 4) is 11.3 Å². The number of rotatable bonds is 5. The molecule has 0 unspecified atom stereocenters. The summed E-state index contributed by atoms with van der Waals surface area (Å²) in [6.07, 6.45) is 4.52. The van der Waals surface area contributed by atoms with Crippen LogP contribution in [0.1, 0.15) is 36.0 Å². The summed E-state index contributed by atoms with van der Waals surface area (Å²) in [5.41, 5.74) is 4.87. The molecule has 0 saturated heterocycles. The fourth-order valence-corrected chi connectivity index (χ4v) is 3.72. The minimum absolute atomic E-state index is 0.00867. The van der Waals surface area contributed by atoms with Crippen molar-refractivity contribution in [1.82, 2.24) is 19.9 Å². The van der Waals surface area contributed by atoms with Crippen molar-refractivity contribution in [2.45, 2.75) is 39.3 Å². The third-order valence-corrected chi connectivity index (χ3v) is 5.31. The highest BCUT2D eigenvalue weighted by molar-refractivity contribution is 6.30. The lowest BCUT2D eigenvalue weighted by Gasteiger charge is -2.27. The van der Waals surface area contributed by atoms with Crippen LogP contribution < -0.4 is 5.56 Å². The minimum atomic E-state index is 0.00867. The molecule has 2 aromatic heterocycles. The summed E-state index contributed by atoms with van der Waals surface area (Å²) in [7, 11) is 0. The quantitative estimate of drug-likeness (QED) is 0.710. The van der Waals surface area contributed by atoms with Crippen LogP contribution in [0.2, 0.25) is 5.02 Å². The molecule has 1 aliphatic rings. The number of hydrogen-bond donors (Lipinski definition) is 1. The Morgan fingerprint density at radius 2 is 2.00 bits per heavy atom. The second-order valence-corrected chi connectivity index (χ2v) is 7.64. The van der Waals surface area contributed by atoms with Gasteiger partial charge in [-0.2, -0.15) is 0 Å². The molecule has 3 aromatic rings. The lowest BCUT2D eigenvalue weighted by atomic mass is 10.1. The van der Waals surface area contributed by atoms with Gasteiger partial charge in [0.05, 0.1) is 17.0 Å². The number of benzene rings is 1. The van der Waals surface area contributed by atoms with Crippen LogP contribution in [0.5, 0.6) is 0 Å². The van der Waals surface area contributed by atoms with Crippen molar-refractivity contribution in [2.24, 2.45) is 0 Å². The van der Waals surface area contributed by atoms with Gasteiger partial charge in [-0.3, -0.25) is 14.7 Å². The summed E-state index contributed by atoms with van der Waals surface area (Å²) in [5.74, 6) is 0.807. The molecular weight excluding hydrogens is 372 g/mol. The maximum absolute atomic E-state index is 12.4. The van der Waals surface area contributed by atoms with Crippen LogP contribution in [0, 0.1) is 0 Å². The molecule has 5 nitrogen and oxygen atoms in total. The molecule has 1 aromatic carbocycles. The Balaban J connectivity index is 1.46. The number of nitrogens with one attached hydrogen (secondary N) is 1. The van der Waals surface area contributed by atoms with Crippen molar-refractivity contribution in [1.29, 1.82) is 0 Å². The standard InChI is InChI=1S/C22H23ClN4O/c1-2-3-21-25-20-10-11-27(14-18(20)22(28)26-21)13-15-4-9-19(24-12-15)16-5-7-17(23)8-6-16/h4-9,12H,2-3,10-11,13-14H2,1H3,(H,25,26,28). The van der Waals surface area contributed by atoms with Crippen molar-refractivity contribution in [3.63, 3.8) is 0 Å². The maximum atomic E-state index is 12.4. The number of aryl methyl sites for hydroxylation is 1. The fraction of sp³-hybridized carbons (Fsp3) is 0.318. The van der Waals surface area contributed by atoms with E-state index in [2.05, 4.69) is 32.8 Å². The van der Waals surface area contributed by atoms with Gasteiger partial charge in [0.15, 0.2) is 0 Å². The second kappa shape index (κ2) is 8.25. The average molecular weight is 395 g/mol. The highest BCUT2D eigenvalue weighted by atomic mass is 35.5. The lowest BCUT2D eigenvalue weighted by molar-refractivity contribution is 0.241. The zero-order valence-corrected chi connectivity index (χ0v) is 16.7. The van der Waals surface area contributed by atoms with E-state index in [0.717, 1.165) is 71.3 Å². The van der Waals surface area contributed by atoms with Gasteiger partial charge in [-0.25, -0.2) is 4.98 Å². The Morgan fingerprint density at radius 1 is 1.18 bits per heavy atom. The molecule has 1 aliphatic heterocycles. The monoisotopic (exact) mass is 394 g/mol. The molecule has 0 spiro atoms. The molecule has 0 amide bonds. The van der Waals surface area contributed by atoms with Crippen LogP contribution in [-0.2, 0) is 25.9 Å². The molecule has 0 fully saturated rings. The van der Waals surface area contributed by atoms with E-state index in [9.17, 15) is 4.79 Å². The van der Waals surface area contributed by atoms with Crippen molar-refractivity contribution >= 4 is 11.6 Å². The van der Waals surface area contributed by atoms with Gasteiger partial charge in [0.2, 0.25) is 0 Å². The van der Waals surface area contributed by atoms with Crippen LogP contribution in [-0.4, -0.2) is 26.4 Å². The molecule has 6 heteroatoms. The summed E-state index contributed by atoms with van der Waals surface area (Å²) in [6.45, 7) is 4.38. The number of pyridine rings is 1. The minimum Gasteiger partial charge on any atom is -0.310 e. The van der Waals surface area contributed by atoms with Crippen molar-refractivity contribution in [3.05, 3.63) is 80.6 Å². The number of H-pyrrole nitrogens is 1. The third kappa shape index (κ3) is 4.16. The molecule has 0 radical (unpaired) electrons. The summed E-state index contributed by atoms with van der Waals surface area (Å²) >= 11 is 5.95.